The Morgan fingerprint density at radius 3 is 1.28 bits per heavy atom. The second-order valence-corrected chi connectivity index (χ2v) is 9.51. The summed E-state index contributed by atoms with van der Waals surface area (Å²) in [6.45, 7) is 1.29. The first-order valence-corrected chi connectivity index (χ1v) is 13.0. The first-order valence-electron chi connectivity index (χ1n) is 11.6. The summed E-state index contributed by atoms with van der Waals surface area (Å²) >= 11 is 1.47. The molecule has 0 aliphatic carbocycles. The number of thioether (sulfide) groups is 1. The third-order valence-corrected chi connectivity index (χ3v) is 6.26. The van der Waals surface area contributed by atoms with Crippen molar-refractivity contribution >= 4 is 41.5 Å². The Morgan fingerprint density at radius 1 is 0.667 bits per heavy atom. The fourth-order valence-electron chi connectivity index (χ4n) is 3.72. The molecule has 0 spiro atoms. The van der Waals surface area contributed by atoms with Gasteiger partial charge in [-0.25, -0.2) is 4.79 Å². The number of nitrogens with one attached hydrogen (secondary N) is 1. The number of carbonyl (C=O) groups is 5. The van der Waals surface area contributed by atoms with Crippen LogP contribution >= 0.6 is 11.8 Å². The number of aliphatic carboxylic acids is 4. The molecule has 0 aromatic carbocycles. The van der Waals surface area contributed by atoms with Crippen molar-refractivity contribution in [1.82, 2.24) is 24.9 Å². The smallest absolute Gasteiger partial charge is 0.326 e. The van der Waals surface area contributed by atoms with Gasteiger partial charge in [0, 0.05) is 52.4 Å². The summed E-state index contributed by atoms with van der Waals surface area (Å²) in [6, 6.07) is -1.02. The van der Waals surface area contributed by atoms with Gasteiger partial charge in [-0.1, -0.05) is 0 Å². The normalized spacial score (nSPS) is 18.5. The van der Waals surface area contributed by atoms with E-state index in [0.717, 1.165) is 0 Å². The van der Waals surface area contributed by atoms with Crippen LogP contribution in [-0.2, 0) is 24.0 Å². The van der Waals surface area contributed by atoms with Gasteiger partial charge in [0.15, 0.2) is 0 Å². The van der Waals surface area contributed by atoms with Crippen LogP contribution in [-0.4, -0.2) is 166 Å². The molecule has 1 atom stereocenters. The Morgan fingerprint density at radius 2 is 1.00 bits per heavy atom. The van der Waals surface area contributed by atoms with Gasteiger partial charge < -0.3 is 25.7 Å². The molecule has 1 unspecified atom stereocenters. The Hall–Kier alpha value is -2.46. The fraction of sp³-hybridized carbons (Fsp3) is 0.762. The maximum Gasteiger partial charge on any atom is 0.326 e. The Balaban J connectivity index is 2.97. The molecule has 1 aliphatic heterocycles. The molecule has 5 N–H and O–H groups in total. The van der Waals surface area contributed by atoms with Gasteiger partial charge in [0.05, 0.1) is 26.2 Å². The van der Waals surface area contributed by atoms with E-state index < -0.39 is 35.8 Å². The molecular formula is C21H37N5O9S. The van der Waals surface area contributed by atoms with Crippen LogP contribution in [0.25, 0.3) is 0 Å². The molecule has 0 saturated carbocycles. The summed E-state index contributed by atoms with van der Waals surface area (Å²) in [6.07, 6.45) is 2.11. The Bertz CT molecular complexity index is 725. The lowest BCUT2D eigenvalue weighted by atomic mass is 10.2. The van der Waals surface area contributed by atoms with Gasteiger partial charge in [-0.3, -0.25) is 38.8 Å². The highest BCUT2D eigenvalue weighted by molar-refractivity contribution is 7.98. The first kappa shape index (κ1) is 31.6. The van der Waals surface area contributed by atoms with E-state index in [0.29, 0.717) is 5.75 Å². The number of amides is 1. The molecule has 15 heteroatoms. The molecule has 14 nitrogen and oxygen atoms in total. The predicted molar refractivity (Wildman–Crippen MR) is 131 cm³/mol. The van der Waals surface area contributed by atoms with Crippen molar-refractivity contribution in [1.29, 1.82) is 0 Å². The van der Waals surface area contributed by atoms with E-state index in [1.165, 1.54) is 11.8 Å². The van der Waals surface area contributed by atoms with Crippen molar-refractivity contribution in [3.8, 4) is 0 Å². The van der Waals surface area contributed by atoms with Gasteiger partial charge in [-0.15, -0.1) is 0 Å². The second-order valence-electron chi connectivity index (χ2n) is 8.53. The van der Waals surface area contributed by atoms with Crippen LogP contribution in [0.1, 0.15) is 6.42 Å². The summed E-state index contributed by atoms with van der Waals surface area (Å²) in [7, 11) is 0. The molecule has 0 bridgehead atoms. The number of rotatable bonds is 13. The van der Waals surface area contributed by atoms with E-state index in [9.17, 15) is 44.4 Å². The molecule has 36 heavy (non-hydrogen) atoms. The third kappa shape index (κ3) is 14.2. The van der Waals surface area contributed by atoms with Crippen LogP contribution in [0.15, 0.2) is 0 Å². The summed E-state index contributed by atoms with van der Waals surface area (Å²) in [5, 5.41) is 39.6. The minimum Gasteiger partial charge on any atom is -0.480 e. The molecule has 1 rings (SSSR count). The van der Waals surface area contributed by atoms with Crippen molar-refractivity contribution in [3.63, 3.8) is 0 Å². The third-order valence-electron chi connectivity index (χ3n) is 5.62. The summed E-state index contributed by atoms with van der Waals surface area (Å²) < 4.78 is 0. The molecule has 1 fully saturated rings. The first-order chi connectivity index (χ1) is 17.0. The number of carboxylic acid groups (broad SMARTS) is 4. The SMILES string of the molecule is CSCCC(NC(=O)CN1CCN(CC(=O)O)CCN(CC(=O)O)CCN(CC(=O)O)CC1)C(=O)O. The zero-order valence-electron chi connectivity index (χ0n) is 20.5. The second kappa shape index (κ2) is 17.1. The molecule has 1 heterocycles. The average Bonchev–Trinajstić information content (AvgIpc) is 2.77. The zero-order valence-corrected chi connectivity index (χ0v) is 21.3. The van der Waals surface area contributed by atoms with Gasteiger partial charge >= 0.3 is 23.9 Å². The summed E-state index contributed by atoms with van der Waals surface area (Å²) in [5.74, 6) is -4.17. The Labute approximate surface area is 214 Å². The largest absolute Gasteiger partial charge is 0.480 e. The Kier molecular flexibility index (Phi) is 15.0. The maximum absolute atomic E-state index is 12.6. The lowest BCUT2D eigenvalue weighted by Crippen LogP contribution is -2.51. The molecule has 0 aromatic rings. The highest BCUT2D eigenvalue weighted by atomic mass is 32.2. The quantitative estimate of drug-likeness (QED) is 0.170. The van der Waals surface area contributed by atoms with Gasteiger partial charge in [-0.2, -0.15) is 11.8 Å². The lowest BCUT2D eigenvalue weighted by molar-refractivity contribution is -0.142. The van der Waals surface area contributed by atoms with Crippen molar-refractivity contribution in [2.24, 2.45) is 0 Å². The highest BCUT2D eigenvalue weighted by Crippen LogP contribution is 2.03. The standard InChI is InChI=1S/C21H37N5O9S/c1-36-11-2-16(21(34)35)22-17(27)12-23-3-5-24(13-18(28)29)7-9-26(15-20(32)33)10-8-25(6-4-23)14-19(30)31/h16H,2-15H2,1H3,(H,22,27)(H,28,29)(H,30,31)(H,32,33)(H,34,35). The summed E-state index contributed by atoms with van der Waals surface area (Å²) in [5.41, 5.74) is 0. The zero-order chi connectivity index (χ0) is 27.1. The van der Waals surface area contributed by atoms with Crippen molar-refractivity contribution in [2.45, 2.75) is 12.5 Å². The van der Waals surface area contributed by atoms with E-state index in [1.54, 1.807) is 19.6 Å². The van der Waals surface area contributed by atoms with Crippen LogP contribution in [0, 0.1) is 0 Å². The summed E-state index contributed by atoms with van der Waals surface area (Å²) in [4.78, 5) is 64.7. The van der Waals surface area contributed by atoms with E-state index in [2.05, 4.69) is 5.32 Å². The van der Waals surface area contributed by atoms with Crippen LogP contribution in [0.3, 0.4) is 0 Å². The molecular weight excluding hydrogens is 498 g/mol. The molecule has 0 radical (unpaired) electrons. The number of hydrogen-bond donors (Lipinski definition) is 5. The minimum absolute atomic E-state index is 0.129. The van der Waals surface area contributed by atoms with Gasteiger partial charge in [-0.05, 0) is 18.4 Å². The average molecular weight is 536 g/mol. The van der Waals surface area contributed by atoms with Gasteiger partial charge in [0.1, 0.15) is 6.04 Å². The number of carboxylic acids is 4. The van der Waals surface area contributed by atoms with Gasteiger partial charge in [0.25, 0.3) is 0 Å². The number of carbonyl (C=O) groups excluding carboxylic acids is 1. The van der Waals surface area contributed by atoms with Crippen LogP contribution in [0.4, 0.5) is 0 Å². The molecule has 206 valence electrons. The number of hydrogen-bond acceptors (Lipinski definition) is 10. The molecule has 1 aliphatic rings. The van der Waals surface area contributed by atoms with E-state index in [4.69, 9.17) is 0 Å². The van der Waals surface area contributed by atoms with E-state index >= 15 is 0 Å². The number of nitrogens with zero attached hydrogens (tertiary/aromatic N) is 4. The predicted octanol–water partition coefficient (Wildman–Crippen LogP) is -2.22. The van der Waals surface area contributed by atoms with E-state index in [1.807, 2.05) is 6.26 Å². The molecule has 1 amide bonds. The van der Waals surface area contributed by atoms with E-state index in [-0.39, 0.29) is 85.0 Å². The fourth-order valence-corrected chi connectivity index (χ4v) is 4.19. The minimum atomic E-state index is -1.13. The topological polar surface area (TPSA) is 191 Å². The molecule has 0 aromatic heterocycles. The molecule has 1 saturated heterocycles. The van der Waals surface area contributed by atoms with Crippen molar-refractivity contribution in [2.75, 3.05) is 90.5 Å². The van der Waals surface area contributed by atoms with Crippen molar-refractivity contribution < 1.29 is 44.4 Å². The lowest BCUT2D eigenvalue weighted by Gasteiger charge is -2.33. The van der Waals surface area contributed by atoms with Gasteiger partial charge in [0.2, 0.25) is 5.91 Å². The highest BCUT2D eigenvalue weighted by Gasteiger charge is 2.23. The maximum atomic E-state index is 12.6. The van der Waals surface area contributed by atoms with Crippen LogP contribution < -0.4 is 5.32 Å². The monoisotopic (exact) mass is 535 g/mol. The van der Waals surface area contributed by atoms with Crippen LogP contribution in [0.2, 0.25) is 0 Å². The van der Waals surface area contributed by atoms with Crippen molar-refractivity contribution in [3.05, 3.63) is 0 Å². The van der Waals surface area contributed by atoms with Crippen LogP contribution in [0.5, 0.6) is 0 Å².